The Bertz CT molecular complexity index is 992. The lowest BCUT2D eigenvalue weighted by atomic mass is 10.1. The minimum Gasteiger partial charge on any atom is -0.504 e. The Morgan fingerprint density at radius 3 is 2.54 bits per heavy atom. The molecule has 0 fully saturated rings. The molecule has 0 atom stereocenters. The van der Waals surface area contributed by atoms with E-state index in [1.807, 2.05) is 0 Å². The molecule has 0 bridgehead atoms. The summed E-state index contributed by atoms with van der Waals surface area (Å²) in [6, 6.07) is 10.1. The van der Waals surface area contributed by atoms with Crippen molar-refractivity contribution < 1.29 is 24.5 Å². The third-order valence-corrected chi connectivity index (χ3v) is 3.55. The van der Waals surface area contributed by atoms with Gasteiger partial charge in [-0.2, -0.15) is 0 Å². The van der Waals surface area contributed by atoms with Gasteiger partial charge in [0.15, 0.2) is 11.5 Å². The Morgan fingerprint density at radius 1 is 1.08 bits per heavy atom. The van der Waals surface area contributed by atoms with E-state index in [4.69, 9.17) is 4.42 Å². The molecule has 7 nitrogen and oxygen atoms in total. The first-order valence-corrected chi connectivity index (χ1v) is 7.00. The summed E-state index contributed by atoms with van der Waals surface area (Å²) in [6.45, 7) is 0.136. The van der Waals surface area contributed by atoms with Crippen LogP contribution in [0.15, 0.2) is 51.7 Å². The fourth-order valence-electron chi connectivity index (χ4n) is 2.41. The van der Waals surface area contributed by atoms with E-state index in [0.29, 0.717) is 16.6 Å². The number of nitrogens with one attached hydrogen (secondary N) is 1. The molecule has 1 heterocycles. The van der Waals surface area contributed by atoms with Crippen LogP contribution in [0.4, 0.5) is 5.69 Å². The second-order valence-corrected chi connectivity index (χ2v) is 5.13. The van der Waals surface area contributed by atoms with E-state index in [2.05, 4.69) is 5.32 Å². The average Bonchev–Trinajstić information content (AvgIpc) is 2.54. The maximum absolute atomic E-state index is 11.7. The predicted molar refractivity (Wildman–Crippen MR) is 86.5 cm³/mol. The fourth-order valence-corrected chi connectivity index (χ4v) is 2.41. The van der Waals surface area contributed by atoms with Crippen LogP contribution in [0.25, 0.3) is 11.0 Å². The molecule has 122 valence electrons. The molecule has 0 saturated heterocycles. The molecule has 0 unspecified atom stereocenters. The lowest BCUT2D eigenvalue weighted by Gasteiger charge is -2.11. The number of benzene rings is 2. The topological polar surface area (TPSA) is 120 Å². The summed E-state index contributed by atoms with van der Waals surface area (Å²) in [5.41, 5.74) is 0.508. The zero-order valence-corrected chi connectivity index (χ0v) is 12.3. The van der Waals surface area contributed by atoms with Gasteiger partial charge in [-0.25, -0.2) is 9.59 Å². The van der Waals surface area contributed by atoms with E-state index >= 15 is 0 Å². The lowest BCUT2D eigenvalue weighted by molar-refractivity contribution is 0.0698. The number of phenolic OH excluding ortho intramolecular Hbond substituents is 2. The number of carboxylic acids is 1. The van der Waals surface area contributed by atoms with E-state index in [1.165, 1.54) is 18.2 Å². The zero-order chi connectivity index (χ0) is 17.3. The molecule has 3 aromatic rings. The summed E-state index contributed by atoms with van der Waals surface area (Å²) < 4.78 is 5.00. The molecule has 0 aliphatic heterocycles. The largest absolute Gasteiger partial charge is 0.504 e. The second kappa shape index (κ2) is 5.96. The van der Waals surface area contributed by atoms with Gasteiger partial charge in [0.25, 0.3) is 0 Å². The van der Waals surface area contributed by atoms with E-state index in [1.54, 1.807) is 18.2 Å². The standard InChI is InChI=1S/C17H13NO6/c19-13-6-11-9(5-16(21)24-15(11)7-14(13)20)8-18-12-4-2-1-3-10(12)17(22)23/h1-7,18-20H,8H2,(H,22,23). The quantitative estimate of drug-likeness (QED) is 0.429. The van der Waals surface area contributed by atoms with Crippen molar-refractivity contribution in [3.05, 3.63) is 64.0 Å². The first-order chi connectivity index (χ1) is 11.5. The maximum Gasteiger partial charge on any atom is 0.337 e. The number of carbonyl (C=O) groups is 1. The third kappa shape index (κ3) is 2.87. The fraction of sp³-hybridized carbons (Fsp3) is 0.0588. The normalized spacial score (nSPS) is 10.7. The van der Waals surface area contributed by atoms with Crippen molar-refractivity contribution in [3.8, 4) is 11.5 Å². The number of aromatic carboxylic acids is 1. The number of hydrogen-bond donors (Lipinski definition) is 4. The van der Waals surface area contributed by atoms with Crippen molar-refractivity contribution in [3.63, 3.8) is 0 Å². The summed E-state index contributed by atoms with van der Waals surface area (Å²) in [5.74, 6) is -1.81. The van der Waals surface area contributed by atoms with Gasteiger partial charge in [0.1, 0.15) is 5.58 Å². The SMILES string of the molecule is O=C(O)c1ccccc1NCc1cc(=O)oc2cc(O)c(O)cc12. The van der Waals surface area contributed by atoms with Crippen LogP contribution in [0, 0.1) is 0 Å². The van der Waals surface area contributed by atoms with Crippen molar-refractivity contribution in [1.82, 2.24) is 0 Å². The molecular weight excluding hydrogens is 314 g/mol. The first-order valence-electron chi connectivity index (χ1n) is 7.00. The summed E-state index contributed by atoms with van der Waals surface area (Å²) in [4.78, 5) is 22.9. The Balaban J connectivity index is 2.01. The molecule has 1 aromatic heterocycles. The number of hydrogen-bond acceptors (Lipinski definition) is 6. The van der Waals surface area contributed by atoms with Crippen molar-refractivity contribution in [2.75, 3.05) is 5.32 Å². The van der Waals surface area contributed by atoms with Crippen LogP contribution in [0.1, 0.15) is 15.9 Å². The highest BCUT2D eigenvalue weighted by molar-refractivity contribution is 5.94. The number of para-hydroxylation sites is 1. The van der Waals surface area contributed by atoms with Crippen LogP contribution in [-0.4, -0.2) is 21.3 Å². The molecule has 0 aliphatic rings. The highest BCUT2D eigenvalue weighted by Gasteiger charge is 2.12. The van der Waals surface area contributed by atoms with Crippen molar-refractivity contribution in [1.29, 1.82) is 0 Å². The third-order valence-electron chi connectivity index (χ3n) is 3.55. The van der Waals surface area contributed by atoms with Crippen LogP contribution in [0.2, 0.25) is 0 Å². The molecule has 0 amide bonds. The molecule has 2 aromatic carbocycles. The summed E-state index contributed by atoms with van der Waals surface area (Å²) in [7, 11) is 0. The lowest BCUT2D eigenvalue weighted by Crippen LogP contribution is -2.08. The van der Waals surface area contributed by atoms with Gasteiger partial charge >= 0.3 is 11.6 Å². The van der Waals surface area contributed by atoms with Gasteiger partial charge in [0.2, 0.25) is 0 Å². The number of anilines is 1. The molecule has 0 spiro atoms. The Labute approximate surface area is 135 Å². The molecule has 0 aliphatic carbocycles. The van der Waals surface area contributed by atoms with Gasteiger partial charge < -0.3 is 25.1 Å². The summed E-state index contributed by atoms with van der Waals surface area (Å²) in [5, 5.41) is 31.7. The minimum absolute atomic E-state index is 0.102. The Hall–Kier alpha value is -3.48. The maximum atomic E-state index is 11.7. The van der Waals surface area contributed by atoms with Gasteiger partial charge in [0, 0.05) is 29.8 Å². The molecule has 0 saturated carbocycles. The van der Waals surface area contributed by atoms with Gasteiger partial charge in [-0.05, 0) is 23.8 Å². The molecule has 24 heavy (non-hydrogen) atoms. The van der Waals surface area contributed by atoms with Crippen LogP contribution in [0.3, 0.4) is 0 Å². The average molecular weight is 327 g/mol. The first kappa shape index (κ1) is 15.4. The molecule has 4 N–H and O–H groups in total. The van der Waals surface area contributed by atoms with E-state index in [-0.39, 0.29) is 23.4 Å². The van der Waals surface area contributed by atoms with Crippen LogP contribution < -0.4 is 10.9 Å². The highest BCUT2D eigenvalue weighted by Crippen LogP contribution is 2.31. The minimum atomic E-state index is -1.07. The molecule has 7 heteroatoms. The Kier molecular flexibility index (Phi) is 3.83. The van der Waals surface area contributed by atoms with Crippen molar-refractivity contribution in [2.45, 2.75) is 6.54 Å². The van der Waals surface area contributed by atoms with E-state index in [0.717, 1.165) is 6.07 Å². The molecule has 0 radical (unpaired) electrons. The summed E-state index contributed by atoms with van der Waals surface area (Å²) >= 11 is 0. The smallest absolute Gasteiger partial charge is 0.337 e. The van der Waals surface area contributed by atoms with Gasteiger partial charge in [-0.15, -0.1) is 0 Å². The van der Waals surface area contributed by atoms with E-state index in [9.17, 15) is 24.9 Å². The number of rotatable bonds is 4. The molecular formula is C17H13NO6. The number of phenols is 2. The zero-order valence-electron chi connectivity index (χ0n) is 12.3. The van der Waals surface area contributed by atoms with E-state index < -0.39 is 17.3 Å². The highest BCUT2D eigenvalue weighted by atomic mass is 16.4. The van der Waals surface area contributed by atoms with Crippen molar-refractivity contribution in [2.24, 2.45) is 0 Å². The number of aromatic hydroxyl groups is 2. The number of carboxylic acid groups (broad SMARTS) is 1. The van der Waals surface area contributed by atoms with Crippen LogP contribution in [-0.2, 0) is 6.54 Å². The van der Waals surface area contributed by atoms with Crippen molar-refractivity contribution >= 4 is 22.6 Å². The predicted octanol–water partition coefficient (Wildman–Crippen LogP) is 2.51. The van der Waals surface area contributed by atoms with Crippen LogP contribution >= 0.6 is 0 Å². The van der Waals surface area contributed by atoms with Gasteiger partial charge in [0.05, 0.1) is 5.56 Å². The van der Waals surface area contributed by atoms with Gasteiger partial charge in [-0.3, -0.25) is 0 Å². The second-order valence-electron chi connectivity index (χ2n) is 5.13. The monoisotopic (exact) mass is 327 g/mol. The Morgan fingerprint density at radius 2 is 1.79 bits per heavy atom. The van der Waals surface area contributed by atoms with Crippen LogP contribution in [0.5, 0.6) is 11.5 Å². The number of fused-ring (bicyclic) bond motifs is 1. The van der Waals surface area contributed by atoms with Gasteiger partial charge in [-0.1, -0.05) is 12.1 Å². The summed E-state index contributed by atoms with van der Waals surface area (Å²) in [6.07, 6.45) is 0. The molecule has 3 rings (SSSR count).